The van der Waals surface area contributed by atoms with Crippen LogP contribution in [0.1, 0.15) is 35.1 Å². The fourth-order valence-corrected chi connectivity index (χ4v) is 2.99. The lowest BCUT2D eigenvalue weighted by Gasteiger charge is -2.12. The summed E-state index contributed by atoms with van der Waals surface area (Å²) in [5, 5.41) is 15.4. The second-order valence-corrected chi connectivity index (χ2v) is 6.79. The highest BCUT2D eigenvalue weighted by molar-refractivity contribution is 7.15. The molecule has 0 atom stereocenters. The van der Waals surface area contributed by atoms with E-state index in [1.807, 2.05) is 38.1 Å². The molecule has 1 amide bonds. The van der Waals surface area contributed by atoms with E-state index in [4.69, 9.17) is 4.74 Å². The third-order valence-corrected chi connectivity index (χ3v) is 4.71. The smallest absolute Gasteiger partial charge is 0.261 e. The average molecular weight is 369 g/mol. The van der Waals surface area contributed by atoms with E-state index in [1.54, 1.807) is 25.4 Å². The summed E-state index contributed by atoms with van der Waals surface area (Å²) in [5.41, 5.74) is 1.13. The van der Waals surface area contributed by atoms with Crippen LogP contribution in [-0.4, -0.2) is 28.2 Å². The highest BCUT2D eigenvalue weighted by Gasteiger charge is 2.16. The van der Waals surface area contributed by atoms with E-state index >= 15 is 0 Å². The summed E-state index contributed by atoms with van der Waals surface area (Å²) < 4.78 is 5.33. The molecule has 1 aromatic carbocycles. The van der Waals surface area contributed by atoms with E-state index in [9.17, 15) is 4.79 Å². The maximum atomic E-state index is 12.7. The molecule has 3 aromatic rings. The molecule has 2 aromatic heterocycles. The Morgan fingerprint density at radius 2 is 1.96 bits per heavy atom. The number of methoxy groups -OCH3 is 1. The van der Waals surface area contributed by atoms with Gasteiger partial charge in [0.1, 0.15) is 16.6 Å². The number of aromatic nitrogens is 3. The Morgan fingerprint density at radius 3 is 2.69 bits per heavy atom. The number of pyridine rings is 1. The maximum absolute atomic E-state index is 12.7. The van der Waals surface area contributed by atoms with Gasteiger partial charge in [-0.1, -0.05) is 37.3 Å². The number of hydrogen-bond donors (Lipinski definition) is 2. The predicted molar refractivity (Wildman–Crippen MR) is 102 cm³/mol. The van der Waals surface area contributed by atoms with Crippen molar-refractivity contribution in [2.45, 2.75) is 19.8 Å². The van der Waals surface area contributed by atoms with Gasteiger partial charge in [0.2, 0.25) is 5.13 Å². The van der Waals surface area contributed by atoms with Crippen molar-refractivity contribution in [2.24, 2.45) is 0 Å². The Hall–Kier alpha value is -3.00. The SMILES string of the molecule is COc1ccccc1Nc1ncccc1C(=O)Nc1nnc(C(C)C)s1. The number of rotatable bonds is 6. The molecule has 0 saturated carbocycles. The van der Waals surface area contributed by atoms with Crippen LogP contribution in [0.4, 0.5) is 16.6 Å². The number of benzene rings is 1. The van der Waals surface area contributed by atoms with Crippen molar-refractivity contribution in [1.82, 2.24) is 15.2 Å². The zero-order chi connectivity index (χ0) is 18.5. The zero-order valence-electron chi connectivity index (χ0n) is 14.7. The van der Waals surface area contributed by atoms with Crippen molar-refractivity contribution in [3.8, 4) is 5.75 Å². The van der Waals surface area contributed by atoms with Crippen molar-refractivity contribution in [2.75, 3.05) is 17.7 Å². The van der Waals surface area contributed by atoms with Gasteiger partial charge in [-0.3, -0.25) is 10.1 Å². The Bertz CT molecular complexity index is 910. The van der Waals surface area contributed by atoms with Gasteiger partial charge in [-0.25, -0.2) is 4.98 Å². The molecule has 8 heteroatoms. The highest BCUT2D eigenvalue weighted by atomic mass is 32.1. The second kappa shape index (κ2) is 7.92. The van der Waals surface area contributed by atoms with Crippen LogP contribution in [-0.2, 0) is 0 Å². The minimum atomic E-state index is -0.304. The van der Waals surface area contributed by atoms with Crippen LogP contribution in [0, 0.1) is 0 Å². The van der Waals surface area contributed by atoms with Crippen LogP contribution in [0.2, 0.25) is 0 Å². The van der Waals surface area contributed by atoms with Gasteiger partial charge in [-0.2, -0.15) is 0 Å². The van der Waals surface area contributed by atoms with E-state index < -0.39 is 0 Å². The summed E-state index contributed by atoms with van der Waals surface area (Å²) in [4.78, 5) is 17.0. The number of para-hydroxylation sites is 2. The van der Waals surface area contributed by atoms with Crippen LogP contribution < -0.4 is 15.4 Å². The normalized spacial score (nSPS) is 10.6. The molecule has 0 saturated heterocycles. The van der Waals surface area contributed by atoms with Crippen LogP contribution in [0.3, 0.4) is 0 Å². The summed E-state index contributed by atoms with van der Waals surface area (Å²) in [7, 11) is 1.59. The summed E-state index contributed by atoms with van der Waals surface area (Å²) in [6, 6.07) is 10.8. The first-order chi connectivity index (χ1) is 12.6. The number of ether oxygens (including phenoxy) is 1. The molecule has 0 unspecified atom stereocenters. The Kier molecular flexibility index (Phi) is 5.43. The second-order valence-electron chi connectivity index (χ2n) is 5.78. The third kappa shape index (κ3) is 3.97. The first-order valence-electron chi connectivity index (χ1n) is 8.08. The Morgan fingerprint density at radius 1 is 1.15 bits per heavy atom. The molecule has 7 nitrogen and oxygen atoms in total. The van der Waals surface area contributed by atoms with E-state index in [-0.39, 0.29) is 11.8 Å². The highest BCUT2D eigenvalue weighted by Crippen LogP contribution is 2.28. The number of carbonyl (C=O) groups excluding carboxylic acids is 1. The molecule has 26 heavy (non-hydrogen) atoms. The maximum Gasteiger partial charge on any atom is 0.261 e. The molecule has 0 spiro atoms. The minimum absolute atomic E-state index is 0.263. The molecule has 134 valence electrons. The van der Waals surface area contributed by atoms with Gasteiger partial charge in [0.15, 0.2) is 0 Å². The lowest BCUT2D eigenvalue weighted by Crippen LogP contribution is -2.14. The van der Waals surface area contributed by atoms with E-state index in [0.29, 0.717) is 22.3 Å². The van der Waals surface area contributed by atoms with Gasteiger partial charge in [0, 0.05) is 12.1 Å². The molecule has 2 heterocycles. The molecule has 0 aliphatic carbocycles. The first kappa shape index (κ1) is 17.8. The number of nitrogens with zero attached hydrogens (tertiary/aromatic N) is 3. The van der Waals surface area contributed by atoms with Crippen molar-refractivity contribution in [1.29, 1.82) is 0 Å². The van der Waals surface area contributed by atoms with E-state index in [1.165, 1.54) is 11.3 Å². The molecule has 0 bridgehead atoms. The zero-order valence-corrected chi connectivity index (χ0v) is 15.5. The third-order valence-electron chi connectivity index (χ3n) is 3.57. The standard InChI is InChI=1S/C18H19N5O2S/c1-11(2)17-22-23-18(26-17)21-16(24)12-7-6-10-19-15(12)20-13-8-4-5-9-14(13)25-3/h4-11H,1-3H3,(H,19,20)(H,21,23,24). The quantitative estimate of drug-likeness (QED) is 0.681. The van der Waals surface area contributed by atoms with E-state index in [0.717, 1.165) is 10.7 Å². The Balaban J connectivity index is 1.83. The molecule has 2 N–H and O–H groups in total. The van der Waals surface area contributed by atoms with Gasteiger partial charge in [0.25, 0.3) is 5.91 Å². The predicted octanol–water partition coefficient (Wildman–Crippen LogP) is 4.06. The average Bonchev–Trinajstić information content (AvgIpc) is 3.11. The first-order valence-corrected chi connectivity index (χ1v) is 8.90. The van der Waals surface area contributed by atoms with E-state index in [2.05, 4.69) is 25.8 Å². The molecule has 0 aliphatic rings. The van der Waals surface area contributed by atoms with Crippen molar-refractivity contribution in [3.63, 3.8) is 0 Å². The molecule has 0 fully saturated rings. The summed E-state index contributed by atoms with van der Waals surface area (Å²) in [6.45, 7) is 4.06. The topological polar surface area (TPSA) is 89.0 Å². The number of anilines is 3. The molecular formula is C18H19N5O2S. The molecular weight excluding hydrogens is 350 g/mol. The fraction of sp³-hybridized carbons (Fsp3) is 0.222. The van der Waals surface area contributed by atoms with Crippen LogP contribution in [0.5, 0.6) is 5.75 Å². The van der Waals surface area contributed by atoms with Gasteiger partial charge < -0.3 is 10.1 Å². The molecule has 3 rings (SSSR count). The summed E-state index contributed by atoms with van der Waals surface area (Å²) in [6.07, 6.45) is 1.62. The number of carbonyl (C=O) groups is 1. The number of amides is 1. The largest absolute Gasteiger partial charge is 0.495 e. The Labute approximate surface area is 155 Å². The van der Waals surface area contributed by atoms with Gasteiger partial charge >= 0.3 is 0 Å². The van der Waals surface area contributed by atoms with Crippen LogP contribution in [0.15, 0.2) is 42.6 Å². The van der Waals surface area contributed by atoms with Crippen LogP contribution >= 0.6 is 11.3 Å². The van der Waals surface area contributed by atoms with Crippen molar-refractivity contribution >= 4 is 33.9 Å². The number of hydrogen-bond acceptors (Lipinski definition) is 7. The summed E-state index contributed by atoms with van der Waals surface area (Å²) in [5.74, 6) is 1.06. The molecule has 0 radical (unpaired) electrons. The minimum Gasteiger partial charge on any atom is -0.495 e. The summed E-state index contributed by atoms with van der Waals surface area (Å²) >= 11 is 1.36. The van der Waals surface area contributed by atoms with Gasteiger partial charge in [0.05, 0.1) is 18.4 Å². The monoisotopic (exact) mass is 369 g/mol. The lowest BCUT2D eigenvalue weighted by atomic mass is 10.2. The lowest BCUT2D eigenvalue weighted by molar-refractivity contribution is 0.102. The van der Waals surface area contributed by atoms with Crippen molar-refractivity contribution in [3.05, 3.63) is 53.2 Å². The number of nitrogens with one attached hydrogen (secondary N) is 2. The van der Waals surface area contributed by atoms with Gasteiger partial charge in [-0.05, 0) is 24.3 Å². The van der Waals surface area contributed by atoms with Crippen molar-refractivity contribution < 1.29 is 9.53 Å². The van der Waals surface area contributed by atoms with Crippen LogP contribution in [0.25, 0.3) is 0 Å². The van der Waals surface area contributed by atoms with Gasteiger partial charge in [-0.15, -0.1) is 10.2 Å². The fourth-order valence-electron chi connectivity index (χ4n) is 2.25. The molecule has 0 aliphatic heterocycles.